The molecule has 5 nitrogen and oxygen atoms in total. The Labute approximate surface area is 71.0 Å². The average molecular weight is 174 g/mol. The second-order valence-electron chi connectivity index (χ2n) is 2.89. The predicted octanol–water partition coefficient (Wildman–Crippen LogP) is -0.679. The summed E-state index contributed by atoms with van der Waals surface area (Å²) in [5, 5.41) is 20.5. The van der Waals surface area contributed by atoms with Gasteiger partial charge in [-0.15, -0.1) is 0 Å². The van der Waals surface area contributed by atoms with E-state index < -0.39 is 6.09 Å². The molecule has 1 aliphatic rings. The first-order chi connectivity index (χ1) is 5.74. The van der Waals surface area contributed by atoms with Gasteiger partial charge in [-0.2, -0.15) is 0 Å². The molecule has 0 aromatic carbocycles. The van der Waals surface area contributed by atoms with Crippen molar-refractivity contribution in [3.63, 3.8) is 0 Å². The Bertz CT molecular complexity index is 163. The van der Waals surface area contributed by atoms with E-state index in [0.29, 0.717) is 26.1 Å². The molecule has 70 valence electrons. The van der Waals surface area contributed by atoms with Crippen LogP contribution >= 0.6 is 0 Å². The van der Waals surface area contributed by atoms with Crippen molar-refractivity contribution in [2.75, 3.05) is 26.2 Å². The molecule has 12 heavy (non-hydrogen) atoms. The van der Waals surface area contributed by atoms with Gasteiger partial charge in [0.25, 0.3) is 0 Å². The van der Waals surface area contributed by atoms with Crippen LogP contribution in [0.4, 0.5) is 4.79 Å². The van der Waals surface area contributed by atoms with Crippen molar-refractivity contribution in [1.29, 1.82) is 0 Å². The number of aliphatic hydroxyl groups is 1. The number of carboxylic acid groups (broad SMARTS) is 1. The van der Waals surface area contributed by atoms with E-state index in [2.05, 4.69) is 5.32 Å². The van der Waals surface area contributed by atoms with Gasteiger partial charge < -0.3 is 20.4 Å². The monoisotopic (exact) mass is 174 g/mol. The standard InChI is InChI=1S/C7H14N2O3/c10-5-6-1-3-9(7(11)12)4-2-8-6/h6,8,10H,1-5H2,(H,11,12). The van der Waals surface area contributed by atoms with Gasteiger partial charge in [0.05, 0.1) is 6.61 Å². The van der Waals surface area contributed by atoms with Crippen molar-refractivity contribution in [3.05, 3.63) is 0 Å². The topological polar surface area (TPSA) is 72.8 Å². The molecule has 0 spiro atoms. The van der Waals surface area contributed by atoms with E-state index in [1.165, 1.54) is 4.90 Å². The van der Waals surface area contributed by atoms with E-state index in [4.69, 9.17) is 10.2 Å². The summed E-state index contributed by atoms with van der Waals surface area (Å²) >= 11 is 0. The van der Waals surface area contributed by atoms with Crippen molar-refractivity contribution in [2.45, 2.75) is 12.5 Å². The van der Waals surface area contributed by atoms with Crippen molar-refractivity contribution in [2.24, 2.45) is 0 Å². The summed E-state index contributed by atoms with van der Waals surface area (Å²) in [4.78, 5) is 11.9. The van der Waals surface area contributed by atoms with E-state index >= 15 is 0 Å². The van der Waals surface area contributed by atoms with Crippen LogP contribution in [0.25, 0.3) is 0 Å². The highest BCUT2D eigenvalue weighted by Crippen LogP contribution is 2.00. The van der Waals surface area contributed by atoms with Crippen LogP contribution in [0.1, 0.15) is 6.42 Å². The highest BCUT2D eigenvalue weighted by Gasteiger charge is 2.18. The normalized spacial score (nSPS) is 25.1. The molecule has 1 saturated heterocycles. The van der Waals surface area contributed by atoms with Crippen molar-refractivity contribution in [1.82, 2.24) is 10.2 Å². The first kappa shape index (κ1) is 9.28. The number of rotatable bonds is 1. The molecule has 1 heterocycles. The van der Waals surface area contributed by atoms with E-state index in [1.54, 1.807) is 0 Å². The van der Waals surface area contributed by atoms with Gasteiger partial charge in [-0.25, -0.2) is 4.79 Å². The number of nitrogens with zero attached hydrogens (tertiary/aromatic N) is 1. The number of hydrogen-bond donors (Lipinski definition) is 3. The number of nitrogens with one attached hydrogen (secondary N) is 1. The molecule has 0 aliphatic carbocycles. The Kier molecular flexibility index (Phi) is 3.31. The minimum Gasteiger partial charge on any atom is -0.465 e. The molecule has 1 unspecified atom stereocenters. The lowest BCUT2D eigenvalue weighted by Crippen LogP contribution is -2.33. The maximum Gasteiger partial charge on any atom is 0.407 e. The summed E-state index contributed by atoms with van der Waals surface area (Å²) in [5.74, 6) is 0. The van der Waals surface area contributed by atoms with E-state index in [9.17, 15) is 4.79 Å². The van der Waals surface area contributed by atoms with Gasteiger partial charge in [0.15, 0.2) is 0 Å². The summed E-state index contributed by atoms with van der Waals surface area (Å²) in [5.41, 5.74) is 0. The third-order valence-electron chi connectivity index (χ3n) is 2.05. The molecule has 0 bridgehead atoms. The minimum absolute atomic E-state index is 0.0503. The molecule has 1 fully saturated rings. The van der Waals surface area contributed by atoms with Crippen molar-refractivity contribution >= 4 is 6.09 Å². The van der Waals surface area contributed by atoms with Gasteiger partial charge in [0, 0.05) is 25.7 Å². The molecule has 0 aromatic heterocycles. The summed E-state index contributed by atoms with van der Waals surface area (Å²) < 4.78 is 0. The molecule has 0 aromatic rings. The van der Waals surface area contributed by atoms with Crippen LogP contribution in [0.2, 0.25) is 0 Å². The quantitative estimate of drug-likeness (QED) is 0.492. The fraction of sp³-hybridized carbons (Fsp3) is 0.857. The number of carbonyl (C=O) groups is 1. The van der Waals surface area contributed by atoms with E-state index in [1.807, 2.05) is 0 Å². The highest BCUT2D eigenvalue weighted by atomic mass is 16.4. The molecule has 1 atom stereocenters. The van der Waals surface area contributed by atoms with Gasteiger partial charge in [-0.1, -0.05) is 0 Å². The Morgan fingerprint density at radius 3 is 2.92 bits per heavy atom. The number of aliphatic hydroxyl groups excluding tert-OH is 1. The number of amides is 1. The Balaban J connectivity index is 2.39. The van der Waals surface area contributed by atoms with Crippen molar-refractivity contribution < 1.29 is 15.0 Å². The Morgan fingerprint density at radius 2 is 2.33 bits per heavy atom. The number of hydrogen-bond acceptors (Lipinski definition) is 3. The first-order valence-electron chi connectivity index (χ1n) is 4.06. The van der Waals surface area contributed by atoms with Crippen LogP contribution in [-0.4, -0.2) is 53.5 Å². The lowest BCUT2D eigenvalue weighted by molar-refractivity contribution is 0.147. The largest absolute Gasteiger partial charge is 0.465 e. The summed E-state index contributed by atoms with van der Waals surface area (Å²) in [6.45, 7) is 1.71. The molecule has 3 N–H and O–H groups in total. The first-order valence-corrected chi connectivity index (χ1v) is 4.06. The van der Waals surface area contributed by atoms with E-state index in [-0.39, 0.29) is 12.6 Å². The molecular formula is C7H14N2O3. The smallest absolute Gasteiger partial charge is 0.407 e. The summed E-state index contributed by atoms with van der Waals surface area (Å²) in [7, 11) is 0. The zero-order valence-electron chi connectivity index (χ0n) is 6.86. The van der Waals surface area contributed by atoms with Crippen LogP contribution in [0.15, 0.2) is 0 Å². The maximum absolute atomic E-state index is 10.5. The highest BCUT2D eigenvalue weighted by molar-refractivity contribution is 5.64. The maximum atomic E-state index is 10.5. The zero-order chi connectivity index (χ0) is 8.97. The molecule has 1 aliphatic heterocycles. The molecule has 5 heteroatoms. The molecule has 1 amide bonds. The van der Waals surface area contributed by atoms with Crippen molar-refractivity contribution in [3.8, 4) is 0 Å². The predicted molar refractivity (Wildman–Crippen MR) is 43.1 cm³/mol. The van der Waals surface area contributed by atoms with Gasteiger partial charge in [0.2, 0.25) is 0 Å². The third kappa shape index (κ3) is 2.35. The second-order valence-corrected chi connectivity index (χ2v) is 2.89. The van der Waals surface area contributed by atoms with Gasteiger partial charge in [-0.3, -0.25) is 0 Å². The van der Waals surface area contributed by atoms with Gasteiger partial charge in [0.1, 0.15) is 0 Å². The minimum atomic E-state index is -0.879. The fourth-order valence-corrected chi connectivity index (χ4v) is 1.28. The summed E-state index contributed by atoms with van der Waals surface area (Å²) in [6.07, 6.45) is -0.196. The van der Waals surface area contributed by atoms with Crippen LogP contribution in [-0.2, 0) is 0 Å². The lowest BCUT2D eigenvalue weighted by Gasteiger charge is -2.14. The zero-order valence-corrected chi connectivity index (χ0v) is 6.86. The summed E-state index contributed by atoms with van der Waals surface area (Å²) in [6, 6.07) is 0.0503. The van der Waals surface area contributed by atoms with Gasteiger partial charge >= 0.3 is 6.09 Å². The Morgan fingerprint density at radius 1 is 1.58 bits per heavy atom. The fourth-order valence-electron chi connectivity index (χ4n) is 1.28. The van der Waals surface area contributed by atoms with Crippen LogP contribution < -0.4 is 5.32 Å². The molecule has 0 radical (unpaired) electrons. The molecule has 1 rings (SSSR count). The lowest BCUT2D eigenvalue weighted by atomic mass is 10.2. The van der Waals surface area contributed by atoms with E-state index in [0.717, 1.165) is 0 Å². The second kappa shape index (κ2) is 4.27. The average Bonchev–Trinajstić information content (AvgIpc) is 2.28. The molecule has 0 saturated carbocycles. The van der Waals surface area contributed by atoms with Crippen LogP contribution in [0.5, 0.6) is 0 Å². The third-order valence-corrected chi connectivity index (χ3v) is 2.05. The van der Waals surface area contributed by atoms with Crippen LogP contribution in [0.3, 0.4) is 0 Å². The Hall–Kier alpha value is -0.810. The molecular weight excluding hydrogens is 160 g/mol. The van der Waals surface area contributed by atoms with Crippen LogP contribution in [0, 0.1) is 0 Å². The van der Waals surface area contributed by atoms with Gasteiger partial charge in [-0.05, 0) is 6.42 Å². The SMILES string of the molecule is O=C(O)N1CCNC(CO)CC1.